The van der Waals surface area contributed by atoms with Crippen molar-refractivity contribution >= 4 is 0 Å². The van der Waals surface area contributed by atoms with Crippen molar-refractivity contribution < 1.29 is 10.2 Å². The van der Waals surface area contributed by atoms with Gasteiger partial charge in [-0.1, -0.05) is 26.2 Å². The van der Waals surface area contributed by atoms with Crippen molar-refractivity contribution in [3.8, 4) is 0 Å². The van der Waals surface area contributed by atoms with E-state index in [4.69, 9.17) is 0 Å². The van der Waals surface area contributed by atoms with Gasteiger partial charge in [-0.15, -0.1) is 0 Å². The van der Waals surface area contributed by atoms with E-state index in [1.165, 1.54) is 44.9 Å². The molecule has 2 rings (SSSR count). The molecular weight excluding hydrogens is 214 g/mol. The maximum Gasteiger partial charge on any atom is 0.0647 e. The molecule has 0 amide bonds. The third-order valence-electron chi connectivity index (χ3n) is 5.28. The van der Waals surface area contributed by atoms with Gasteiger partial charge in [0.2, 0.25) is 0 Å². The molecule has 2 aliphatic carbocycles. The molecule has 1 atom stereocenters. The molecule has 0 aromatic rings. The van der Waals surface area contributed by atoms with Crippen molar-refractivity contribution in [1.29, 1.82) is 0 Å². The summed E-state index contributed by atoms with van der Waals surface area (Å²) in [4.78, 5) is 0. The van der Waals surface area contributed by atoms with Crippen LogP contribution in [0.3, 0.4) is 0 Å². The maximum atomic E-state index is 9.51. The zero-order chi connectivity index (χ0) is 12.4. The van der Waals surface area contributed by atoms with Crippen molar-refractivity contribution in [2.75, 3.05) is 13.2 Å². The van der Waals surface area contributed by atoms with Gasteiger partial charge >= 0.3 is 0 Å². The van der Waals surface area contributed by atoms with Crippen LogP contribution in [-0.4, -0.2) is 35.0 Å². The Balaban J connectivity index is 1.98. The fourth-order valence-corrected chi connectivity index (χ4v) is 3.61. The molecule has 0 heterocycles. The highest BCUT2D eigenvalue weighted by atomic mass is 16.3. The number of hydrogen-bond donors (Lipinski definition) is 3. The highest BCUT2D eigenvalue weighted by Crippen LogP contribution is 2.52. The summed E-state index contributed by atoms with van der Waals surface area (Å²) >= 11 is 0. The Kier molecular flexibility index (Phi) is 4.11. The Hall–Kier alpha value is -0.120. The van der Waals surface area contributed by atoms with Gasteiger partial charge in [0.15, 0.2) is 0 Å². The van der Waals surface area contributed by atoms with E-state index in [2.05, 4.69) is 5.32 Å². The van der Waals surface area contributed by atoms with Gasteiger partial charge < -0.3 is 15.5 Å². The third kappa shape index (κ3) is 2.38. The van der Waals surface area contributed by atoms with Gasteiger partial charge in [0.05, 0.1) is 18.8 Å². The van der Waals surface area contributed by atoms with Crippen LogP contribution in [0.2, 0.25) is 0 Å². The van der Waals surface area contributed by atoms with Crippen LogP contribution in [0.1, 0.15) is 58.3 Å². The number of nitrogens with one attached hydrogen (secondary N) is 1. The summed E-state index contributed by atoms with van der Waals surface area (Å²) in [5, 5.41) is 22.6. The van der Waals surface area contributed by atoms with Crippen LogP contribution in [0, 0.1) is 5.41 Å². The topological polar surface area (TPSA) is 52.5 Å². The van der Waals surface area contributed by atoms with Crippen LogP contribution in [0.5, 0.6) is 0 Å². The van der Waals surface area contributed by atoms with E-state index >= 15 is 0 Å². The van der Waals surface area contributed by atoms with Crippen molar-refractivity contribution in [1.82, 2.24) is 5.32 Å². The molecule has 1 unspecified atom stereocenters. The standard InChI is InChI=1S/C14H27NO2/c1-2-14(10-16,11-17)15-12-6-9-13(12)7-4-3-5-8-13/h12,15-17H,2-11H2,1H3. The molecule has 3 nitrogen and oxygen atoms in total. The maximum absolute atomic E-state index is 9.51. The molecule has 0 aromatic heterocycles. The predicted molar refractivity (Wildman–Crippen MR) is 68.9 cm³/mol. The zero-order valence-corrected chi connectivity index (χ0v) is 11.0. The van der Waals surface area contributed by atoms with Gasteiger partial charge in [0, 0.05) is 6.04 Å². The second kappa shape index (κ2) is 5.25. The lowest BCUT2D eigenvalue weighted by molar-refractivity contribution is -0.0209. The first-order chi connectivity index (χ1) is 8.20. The van der Waals surface area contributed by atoms with E-state index in [1.54, 1.807) is 0 Å². The molecule has 0 bridgehead atoms. The molecule has 0 aromatic carbocycles. The van der Waals surface area contributed by atoms with E-state index in [0.29, 0.717) is 11.5 Å². The lowest BCUT2D eigenvalue weighted by Gasteiger charge is -2.55. The molecule has 2 fully saturated rings. The minimum atomic E-state index is -0.463. The van der Waals surface area contributed by atoms with E-state index < -0.39 is 5.54 Å². The monoisotopic (exact) mass is 241 g/mol. The smallest absolute Gasteiger partial charge is 0.0647 e. The van der Waals surface area contributed by atoms with Crippen molar-refractivity contribution in [2.45, 2.75) is 69.9 Å². The van der Waals surface area contributed by atoms with Crippen LogP contribution in [0.25, 0.3) is 0 Å². The van der Waals surface area contributed by atoms with Crippen molar-refractivity contribution in [2.24, 2.45) is 5.41 Å². The second-order valence-corrected chi connectivity index (χ2v) is 6.11. The number of hydrogen-bond acceptors (Lipinski definition) is 3. The summed E-state index contributed by atoms with van der Waals surface area (Å²) in [7, 11) is 0. The van der Waals surface area contributed by atoms with Crippen LogP contribution in [0.15, 0.2) is 0 Å². The van der Waals surface area contributed by atoms with Gasteiger partial charge in [-0.25, -0.2) is 0 Å². The molecule has 0 saturated heterocycles. The highest BCUT2D eigenvalue weighted by Gasteiger charge is 2.49. The summed E-state index contributed by atoms with van der Waals surface area (Å²) in [6, 6.07) is 0.516. The van der Waals surface area contributed by atoms with Crippen molar-refractivity contribution in [3.63, 3.8) is 0 Å². The SMILES string of the molecule is CCC(CO)(CO)NC1CCC12CCCCC2. The van der Waals surface area contributed by atoms with Gasteiger partial charge in [0.1, 0.15) is 0 Å². The zero-order valence-electron chi connectivity index (χ0n) is 11.0. The molecule has 2 aliphatic rings. The summed E-state index contributed by atoms with van der Waals surface area (Å²) in [5.41, 5.74) is 0.0263. The summed E-state index contributed by atoms with van der Waals surface area (Å²) in [6.07, 6.45) is 10.1. The quantitative estimate of drug-likeness (QED) is 0.688. The van der Waals surface area contributed by atoms with E-state index in [0.717, 1.165) is 6.42 Å². The predicted octanol–water partition coefficient (Wildman–Crippen LogP) is 1.82. The van der Waals surface area contributed by atoms with Crippen LogP contribution in [0.4, 0.5) is 0 Å². The Labute approximate surface area is 105 Å². The van der Waals surface area contributed by atoms with Crippen LogP contribution in [-0.2, 0) is 0 Å². The molecule has 17 heavy (non-hydrogen) atoms. The molecule has 100 valence electrons. The molecule has 3 heteroatoms. The Morgan fingerprint density at radius 1 is 1.12 bits per heavy atom. The average molecular weight is 241 g/mol. The third-order valence-corrected chi connectivity index (χ3v) is 5.28. The molecule has 0 aliphatic heterocycles. The first kappa shape index (κ1) is 13.3. The first-order valence-corrected chi connectivity index (χ1v) is 7.20. The largest absolute Gasteiger partial charge is 0.394 e. The Bertz CT molecular complexity index is 236. The lowest BCUT2D eigenvalue weighted by atomic mass is 9.57. The highest BCUT2D eigenvalue weighted by molar-refractivity contribution is 5.05. The van der Waals surface area contributed by atoms with Crippen LogP contribution < -0.4 is 5.32 Å². The number of rotatable bonds is 5. The van der Waals surface area contributed by atoms with E-state index in [9.17, 15) is 10.2 Å². The molecular formula is C14H27NO2. The van der Waals surface area contributed by atoms with Gasteiger partial charge in [-0.05, 0) is 37.5 Å². The van der Waals surface area contributed by atoms with E-state index in [-0.39, 0.29) is 13.2 Å². The molecule has 3 N–H and O–H groups in total. The summed E-state index contributed by atoms with van der Waals surface area (Å²) in [6.45, 7) is 2.10. The minimum Gasteiger partial charge on any atom is -0.394 e. The normalized spacial score (nSPS) is 28.1. The van der Waals surface area contributed by atoms with Crippen molar-refractivity contribution in [3.05, 3.63) is 0 Å². The fourth-order valence-electron chi connectivity index (χ4n) is 3.61. The Morgan fingerprint density at radius 3 is 2.18 bits per heavy atom. The number of aliphatic hydroxyl groups is 2. The van der Waals surface area contributed by atoms with E-state index in [1.807, 2.05) is 6.92 Å². The van der Waals surface area contributed by atoms with Crippen LogP contribution >= 0.6 is 0 Å². The molecule has 0 radical (unpaired) electrons. The Morgan fingerprint density at radius 2 is 1.76 bits per heavy atom. The lowest BCUT2D eigenvalue weighted by Crippen LogP contribution is -2.64. The second-order valence-electron chi connectivity index (χ2n) is 6.11. The van der Waals surface area contributed by atoms with Gasteiger partial charge in [-0.3, -0.25) is 0 Å². The molecule has 2 saturated carbocycles. The average Bonchev–Trinajstić information content (AvgIpc) is 2.41. The first-order valence-electron chi connectivity index (χ1n) is 7.20. The fraction of sp³-hybridized carbons (Fsp3) is 1.00. The summed E-state index contributed by atoms with van der Waals surface area (Å²) in [5.74, 6) is 0. The molecule has 1 spiro atoms. The van der Waals surface area contributed by atoms with Gasteiger partial charge in [-0.2, -0.15) is 0 Å². The van der Waals surface area contributed by atoms with Gasteiger partial charge in [0.25, 0.3) is 0 Å². The minimum absolute atomic E-state index is 0.0343. The summed E-state index contributed by atoms with van der Waals surface area (Å²) < 4.78 is 0. The number of aliphatic hydroxyl groups excluding tert-OH is 2.